The fraction of sp³-hybridized carbons (Fsp3) is 0.423. The van der Waals surface area contributed by atoms with E-state index in [1.54, 1.807) is 41.3 Å². The third-order valence-corrected chi connectivity index (χ3v) is 3640. The Bertz CT molecular complexity index is 2190. The second kappa shape index (κ2) is 66.9. The smallest absolute Gasteiger partial charge is 0.335 e. The first kappa shape index (κ1) is 115. The summed E-state index contributed by atoms with van der Waals surface area (Å²) in [4.78, 5) is 34.6. The molecular formula is C26H33ClI48N2O8. The Morgan fingerprint density at radius 2 is 0.647 bits per heavy atom. The van der Waals surface area contributed by atoms with E-state index >= 15 is 0 Å². The zero-order valence-corrected chi connectivity index (χ0v) is 143. The average Bonchev–Trinajstić information content (AvgIpc) is 3.50. The summed E-state index contributed by atoms with van der Waals surface area (Å²) in [6.45, 7) is 3.08. The molecule has 0 bridgehead atoms. The molecule has 0 spiro atoms. The van der Waals surface area contributed by atoms with Gasteiger partial charge in [0.25, 0.3) is 0 Å². The number of carboxylic acids is 2. The summed E-state index contributed by atoms with van der Waals surface area (Å²) < 4.78 is 16.2. The third-order valence-electron chi connectivity index (χ3n) is 7.72. The summed E-state index contributed by atoms with van der Waals surface area (Å²) in [5.41, 5.74) is 0.473. The summed E-state index contributed by atoms with van der Waals surface area (Å²) in [5, 5.41) is 21.0. The monoisotopic (exact) mass is 6630 g/mol. The summed E-state index contributed by atoms with van der Waals surface area (Å²) in [5.74, 6) is -0.708. The van der Waals surface area contributed by atoms with Crippen molar-refractivity contribution in [1.29, 1.82) is 0 Å². The van der Waals surface area contributed by atoms with Crippen LogP contribution in [-0.2, 0) is 4.74 Å². The molecule has 0 aromatic heterocycles. The number of ether oxygens (including phenoxy) is 3. The minimum atomic E-state index is -0.976. The number of aromatic carboxylic acids is 2. The molecule has 59 heteroatoms. The molecule has 0 saturated carbocycles. The predicted molar refractivity (Wildman–Crippen MR) is 811 cm³/mol. The number of carbonyl (C=O) groups is 3. The largest absolute Gasteiger partial charge is 0.490 e. The minimum Gasteiger partial charge on any atom is -0.490 e. The van der Waals surface area contributed by atoms with Crippen LogP contribution in [-0.4, -0.2) is 78.6 Å². The van der Waals surface area contributed by atoms with Crippen molar-refractivity contribution < 1.29 is 38.8 Å². The van der Waals surface area contributed by atoms with Crippen molar-refractivity contribution in [3.8, 4) is 11.5 Å². The molecule has 0 atom stereocenters. The number of nitrogens with zero attached hydrogens (tertiary/aromatic N) is 1. The molecule has 2 aliphatic heterocycles. The molecule has 2 heterocycles. The second-order valence-corrected chi connectivity index (χ2v) is 1130. The van der Waals surface area contributed by atoms with Gasteiger partial charge in [-0.05, 0) is 62.3 Å². The standard InChI is InChI=1S/C14H17NO5.C12H15NO3.ClH.I48/c1-19-14(18)15-7-5-11(6-8-15)20-12-4-2-3-10(9-12)13(16)17;14-12(15)9-2-1-3-11(8-9)16-10-4-6-13-7-5-10;;1-26(2)28(5)30(7)32(9)34(11)36(13)38(15)40(17)42(19)44(21)46(23)48(25)47(24)45(22)43(20)41(18)39(16)37(14)35(12)33(10)31(8)29(6)27(3)4/h2-4,9,11H,5-8H2,1H3,(H,16,17);1-3,8,10,13H,4-7H2,(H,14,15);1H;. The Morgan fingerprint density at radius 1 is 0.412 bits per heavy atom. The zero-order valence-electron chi connectivity index (χ0n) is 38.8. The molecule has 3 N–H and O–H groups in total. The third kappa shape index (κ3) is 46.2. The summed E-state index contributed by atoms with van der Waals surface area (Å²) in [7, 11) is -10.8. The number of rotatable bonds is 28. The van der Waals surface area contributed by atoms with E-state index in [-0.39, 0.29) is 41.8 Å². The molecule has 10 nitrogen and oxygen atoms in total. The maximum atomic E-state index is 11.3. The van der Waals surface area contributed by atoms with Crippen LogP contribution >= 0.6 is 659 Å². The number of carbonyl (C=O) groups excluding carboxylic acids is 1. The van der Waals surface area contributed by atoms with Gasteiger partial charge in [0.1, 0.15) is 23.7 Å². The molecule has 2 aliphatic rings. The fourth-order valence-electron chi connectivity index (χ4n) is 4.64. The van der Waals surface area contributed by atoms with Crippen molar-refractivity contribution in [3.05, 3.63) is 59.7 Å². The van der Waals surface area contributed by atoms with E-state index in [0.29, 0.717) is 37.4 Å². The van der Waals surface area contributed by atoms with E-state index in [1.807, 2.05) is 0 Å². The number of hydrogen-bond acceptors (Lipinski definition) is 7. The number of nitrogens with one attached hydrogen (secondary N) is 1. The van der Waals surface area contributed by atoms with Crippen molar-refractivity contribution in [2.24, 2.45) is 0 Å². The van der Waals surface area contributed by atoms with Gasteiger partial charge in [0.05, 0.1) is 18.2 Å². The Balaban J connectivity index is 0.000000782. The quantitative estimate of drug-likeness (QED) is 0.0712. The molecule has 0 aliphatic carbocycles. The first-order chi connectivity index (χ1) is 39.1. The van der Waals surface area contributed by atoms with Crippen molar-refractivity contribution in [2.75, 3.05) is 33.3 Å². The van der Waals surface area contributed by atoms with Crippen LogP contribution in [0.4, 0.5) is 4.79 Å². The van der Waals surface area contributed by atoms with E-state index in [0.717, 1.165) is 25.9 Å². The van der Waals surface area contributed by atoms with Crippen molar-refractivity contribution in [3.63, 3.8) is 0 Å². The molecule has 0 radical (unpaired) electrons. The number of methoxy groups -OCH3 is 1. The summed E-state index contributed by atoms with van der Waals surface area (Å²) in [6, 6.07) is 13.1. The van der Waals surface area contributed by atoms with Gasteiger partial charge in [0, 0.05) is 25.9 Å². The number of piperidine rings is 2. The predicted octanol–water partition coefficient (Wildman–Crippen LogP) is 46.4. The minimum absolute atomic E-state index is 0. The maximum absolute atomic E-state index is 11.3. The normalized spacial score (nSPS) is 17.5. The van der Waals surface area contributed by atoms with Gasteiger partial charge in [-0.3, -0.25) is 0 Å². The summed E-state index contributed by atoms with van der Waals surface area (Å²) in [6.07, 6.45) is 3.20. The molecule has 2 fully saturated rings. The Kier molecular flexibility index (Phi) is 90.1. The molecule has 2 aromatic rings. The van der Waals surface area contributed by atoms with Crippen LogP contribution in [0, 0.1) is 0 Å². The van der Waals surface area contributed by atoms with Crippen LogP contribution in [0.2, 0.25) is 0 Å². The first-order valence-corrected chi connectivity index (χ1v) is 314. The van der Waals surface area contributed by atoms with E-state index in [4.69, 9.17) is 19.7 Å². The Hall–Kier alpha value is 31.5. The molecule has 2 aromatic carbocycles. The molecule has 2 saturated heterocycles. The van der Waals surface area contributed by atoms with Crippen LogP contribution in [0.25, 0.3) is 0 Å². The topological polar surface area (TPSA) is 135 Å². The number of hydrogen-bond donors (Lipinski definition) is 3. The maximum Gasteiger partial charge on any atom is 0.335 e. The fourth-order valence-corrected chi connectivity index (χ4v) is 8810. The number of halogens is 49. The van der Waals surface area contributed by atoms with Crippen molar-refractivity contribution in [2.45, 2.75) is 37.9 Å². The van der Waals surface area contributed by atoms with E-state index < -0.39 is 194 Å². The van der Waals surface area contributed by atoms with Gasteiger partial charge in [0.2, 0.25) is 0 Å². The zero-order chi connectivity index (χ0) is 64.2. The first-order valence-electron chi connectivity index (χ1n) is 18.6. The number of amides is 1. The van der Waals surface area contributed by atoms with Crippen LogP contribution in [0.3, 0.4) is 0 Å². The van der Waals surface area contributed by atoms with E-state index in [1.165, 1.54) is 19.2 Å². The Labute approximate surface area is 828 Å². The van der Waals surface area contributed by atoms with E-state index in [2.05, 4.69) is 475 Å². The van der Waals surface area contributed by atoms with Gasteiger partial charge < -0.3 is 34.6 Å². The molecule has 4 rings (SSSR count). The van der Waals surface area contributed by atoms with Gasteiger partial charge >= 0.3 is 665 Å². The van der Waals surface area contributed by atoms with Crippen LogP contribution < -0.4 is 14.8 Å². The molecule has 85 heavy (non-hydrogen) atoms. The number of benzene rings is 2. The van der Waals surface area contributed by atoms with E-state index in [9.17, 15) is 14.4 Å². The molecular weight excluding hydrogens is 6600 g/mol. The second-order valence-electron chi connectivity index (χ2n) is 12.2. The van der Waals surface area contributed by atoms with Crippen molar-refractivity contribution >= 4 is 677 Å². The van der Waals surface area contributed by atoms with Crippen LogP contribution in [0.1, 0.15) is 46.4 Å². The number of likely N-dealkylation sites (tertiary alicyclic amines) is 1. The van der Waals surface area contributed by atoms with Crippen molar-refractivity contribution in [1.82, 2.24) is 10.2 Å². The van der Waals surface area contributed by atoms with Crippen LogP contribution in [0.5, 0.6) is 11.5 Å². The molecule has 1 amide bonds. The SMILES string of the molecule is COC(=O)N1CCC(Oc2cccc(C(=O)O)c2)CC1.Cl.II(I)I(I)I(I)I(I)I(I)I(I)I(I)I(I)I(I)I(I)I(I)I(I)I(I)I(I)I(I)I(I)I(I)I(I)I(I)I(I)I(I)I(I)I(I)I.O=C(O)c1cccc(OC2CCNCC2)c1. The average molecular weight is 6630 g/mol. The van der Waals surface area contributed by atoms with Gasteiger partial charge in [-0.15, -0.1) is 12.4 Å². The van der Waals surface area contributed by atoms with Crippen LogP contribution in [0.15, 0.2) is 48.5 Å². The van der Waals surface area contributed by atoms with Gasteiger partial charge in [-0.1, -0.05) is 12.1 Å². The molecule has 0 unspecified atom stereocenters. The molecule has 538 valence electrons. The summed E-state index contributed by atoms with van der Waals surface area (Å²) >= 11 is 81.4. The number of carboxylic acid groups (broad SMARTS) is 2. The van der Waals surface area contributed by atoms with Gasteiger partial charge in [-0.25, -0.2) is 14.4 Å². The van der Waals surface area contributed by atoms with Gasteiger partial charge in [0.15, 0.2) is 0 Å². The van der Waals surface area contributed by atoms with Gasteiger partial charge in [-0.2, -0.15) is 0 Å². The Morgan fingerprint density at radius 3 is 0.871 bits per heavy atom.